The van der Waals surface area contributed by atoms with Gasteiger partial charge in [0.05, 0.1) is 0 Å². The lowest BCUT2D eigenvalue weighted by Gasteiger charge is -2.03. The summed E-state index contributed by atoms with van der Waals surface area (Å²) in [5.74, 6) is 1.02. The van der Waals surface area contributed by atoms with Crippen LogP contribution in [0.4, 0.5) is 5.95 Å². The van der Waals surface area contributed by atoms with Gasteiger partial charge in [-0.05, 0) is 19.4 Å². The Kier molecular flexibility index (Phi) is 3.05. The molecule has 0 bridgehead atoms. The molecule has 0 amide bonds. The van der Waals surface area contributed by atoms with Crippen LogP contribution in [-0.2, 0) is 6.54 Å². The van der Waals surface area contributed by atoms with Crippen molar-refractivity contribution < 1.29 is 0 Å². The summed E-state index contributed by atoms with van der Waals surface area (Å²) < 4.78 is 0. The molecule has 0 radical (unpaired) electrons. The van der Waals surface area contributed by atoms with Crippen molar-refractivity contribution in [3.05, 3.63) is 41.2 Å². The van der Waals surface area contributed by atoms with Gasteiger partial charge in [-0.1, -0.05) is 29.8 Å². The summed E-state index contributed by atoms with van der Waals surface area (Å²) >= 11 is 0. The molecule has 1 N–H and O–H groups in total. The fourth-order valence-electron chi connectivity index (χ4n) is 1.24. The molecule has 16 heavy (non-hydrogen) atoms. The molecule has 5 heteroatoms. The van der Waals surface area contributed by atoms with Gasteiger partial charge in [-0.15, -0.1) is 20.4 Å². The maximum Gasteiger partial charge on any atom is 0.262 e. The zero-order chi connectivity index (χ0) is 11.4. The van der Waals surface area contributed by atoms with E-state index in [-0.39, 0.29) is 0 Å². The Hall–Kier alpha value is -2.04. The van der Waals surface area contributed by atoms with Crippen LogP contribution in [0.5, 0.6) is 0 Å². The monoisotopic (exact) mass is 215 g/mol. The van der Waals surface area contributed by atoms with Crippen LogP contribution in [0.15, 0.2) is 24.3 Å². The molecule has 0 unspecified atom stereocenters. The highest BCUT2D eigenvalue weighted by molar-refractivity contribution is 5.26. The maximum absolute atomic E-state index is 3.88. The fourth-order valence-corrected chi connectivity index (χ4v) is 1.24. The van der Waals surface area contributed by atoms with Crippen LogP contribution in [0.3, 0.4) is 0 Å². The van der Waals surface area contributed by atoms with Gasteiger partial charge in [0.15, 0.2) is 5.82 Å². The summed E-state index contributed by atoms with van der Waals surface area (Å²) in [6.45, 7) is 4.49. The van der Waals surface area contributed by atoms with E-state index < -0.39 is 0 Å². The number of anilines is 1. The van der Waals surface area contributed by atoms with Crippen molar-refractivity contribution >= 4 is 5.95 Å². The highest BCUT2D eigenvalue weighted by atomic mass is 15.3. The summed E-state index contributed by atoms with van der Waals surface area (Å²) in [6.07, 6.45) is 0. The number of nitrogens with zero attached hydrogens (tertiary/aromatic N) is 4. The second-order valence-corrected chi connectivity index (χ2v) is 3.61. The largest absolute Gasteiger partial charge is 0.348 e. The Morgan fingerprint density at radius 3 is 2.19 bits per heavy atom. The van der Waals surface area contributed by atoms with E-state index in [4.69, 9.17) is 0 Å². The van der Waals surface area contributed by atoms with E-state index in [2.05, 4.69) is 56.9 Å². The van der Waals surface area contributed by atoms with Gasteiger partial charge in [0.1, 0.15) is 0 Å². The van der Waals surface area contributed by atoms with Gasteiger partial charge in [0.2, 0.25) is 0 Å². The number of hydrogen-bond donors (Lipinski definition) is 1. The highest BCUT2D eigenvalue weighted by Gasteiger charge is 1.97. The normalized spacial score (nSPS) is 10.1. The van der Waals surface area contributed by atoms with Crippen LogP contribution in [-0.4, -0.2) is 20.4 Å². The van der Waals surface area contributed by atoms with E-state index in [9.17, 15) is 0 Å². The summed E-state index contributed by atoms with van der Waals surface area (Å²) in [6, 6.07) is 8.28. The lowest BCUT2D eigenvalue weighted by Crippen LogP contribution is -2.06. The van der Waals surface area contributed by atoms with Crippen molar-refractivity contribution in [3.63, 3.8) is 0 Å². The van der Waals surface area contributed by atoms with Crippen molar-refractivity contribution in [2.75, 3.05) is 5.32 Å². The molecule has 0 fully saturated rings. The Bertz CT molecular complexity index is 403. The molecular formula is C11H13N5. The lowest BCUT2D eigenvalue weighted by molar-refractivity contribution is 0.805. The summed E-state index contributed by atoms with van der Waals surface area (Å²) in [5, 5.41) is 18.5. The molecular weight excluding hydrogens is 202 g/mol. The Balaban J connectivity index is 1.97. The molecule has 0 aliphatic carbocycles. The summed E-state index contributed by atoms with van der Waals surface area (Å²) in [4.78, 5) is 0. The van der Waals surface area contributed by atoms with E-state index in [1.165, 1.54) is 11.1 Å². The summed E-state index contributed by atoms with van der Waals surface area (Å²) in [7, 11) is 0. The highest BCUT2D eigenvalue weighted by Crippen LogP contribution is 2.04. The number of benzene rings is 1. The third-order valence-corrected chi connectivity index (χ3v) is 2.15. The average molecular weight is 215 g/mol. The molecule has 1 aromatic carbocycles. The van der Waals surface area contributed by atoms with E-state index >= 15 is 0 Å². The third kappa shape index (κ3) is 2.73. The minimum absolute atomic E-state index is 0.450. The SMILES string of the molecule is Cc1ccc(CNc2nnc(C)nn2)cc1. The van der Waals surface area contributed by atoms with Gasteiger partial charge in [-0.2, -0.15) is 0 Å². The standard InChI is InChI=1S/C11H13N5/c1-8-3-5-10(6-4-8)7-12-11-15-13-9(2)14-16-11/h3-6H,7H2,1-2H3,(H,12,15,16). The van der Waals surface area contributed by atoms with Gasteiger partial charge >= 0.3 is 0 Å². The van der Waals surface area contributed by atoms with Gasteiger partial charge < -0.3 is 5.32 Å². The Labute approximate surface area is 93.9 Å². The van der Waals surface area contributed by atoms with Crippen LogP contribution in [0.1, 0.15) is 17.0 Å². The van der Waals surface area contributed by atoms with E-state index in [1.807, 2.05) is 0 Å². The first-order valence-corrected chi connectivity index (χ1v) is 5.07. The molecule has 82 valence electrons. The second-order valence-electron chi connectivity index (χ2n) is 3.61. The number of aromatic nitrogens is 4. The quantitative estimate of drug-likeness (QED) is 0.840. The predicted molar refractivity (Wildman–Crippen MR) is 60.9 cm³/mol. The molecule has 5 nitrogen and oxygen atoms in total. The van der Waals surface area contributed by atoms with Crippen molar-refractivity contribution in [3.8, 4) is 0 Å². The molecule has 1 heterocycles. The molecule has 0 atom stereocenters. The Morgan fingerprint density at radius 1 is 0.938 bits per heavy atom. The number of rotatable bonds is 3. The molecule has 2 aromatic rings. The molecule has 1 aromatic heterocycles. The minimum atomic E-state index is 0.450. The molecule has 0 aliphatic rings. The summed E-state index contributed by atoms with van der Waals surface area (Å²) in [5.41, 5.74) is 2.42. The van der Waals surface area contributed by atoms with Crippen molar-refractivity contribution in [1.82, 2.24) is 20.4 Å². The molecule has 0 saturated carbocycles. The van der Waals surface area contributed by atoms with Gasteiger partial charge in [-0.3, -0.25) is 0 Å². The van der Waals surface area contributed by atoms with Crippen molar-refractivity contribution in [2.24, 2.45) is 0 Å². The molecule has 2 rings (SSSR count). The first kappa shape index (κ1) is 10.5. The van der Waals surface area contributed by atoms with E-state index in [1.54, 1.807) is 6.92 Å². The van der Waals surface area contributed by atoms with Crippen LogP contribution >= 0.6 is 0 Å². The van der Waals surface area contributed by atoms with Crippen LogP contribution in [0, 0.1) is 13.8 Å². The first-order chi connectivity index (χ1) is 7.74. The Morgan fingerprint density at radius 2 is 1.56 bits per heavy atom. The third-order valence-electron chi connectivity index (χ3n) is 2.15. The average Bonchev–Trinajstić information content (AvgIpc) is 2.30. The van der Waals surface area contributed by atoms with Crippen LogP contribution in [0.25, 0.3) is 0 Å². The number of nitrogens with one attached hydrogen (secondary N) is 1. The zero-order valence-electron chi connectivity index (χ0n) is 9.31. The topological polar surface area (TPSA) is 63.6 Å². The minimum Gasteiger partial charge on any atom is -0.348 e. The van der Waals surface area contributed by atoms with Gasteiger partial charge in [0.25, 0.3) is 5.95 Å². The van der Waals surface area contributed by atoms with E-state index in [0.717, 1.165) is 0 Å². The first-order valence-electron chi connectivity index (χ1n) is 5.07. The number of aryl methyl sites for hydroxylation is 2. The van der Waals surface area contributed by atoms with Crippen LogP contribution in [0.2, 0.25) is 0 Å². The predicted octanol–water partition coefficient (Wildman–Crippen LogP) is 1.50. The number of hydrogen-bond acceptors (Lipinski definition) is 5. The second kappa shape index (κ2) is 4.65. The van der Waals surface area contributed by atoms with Crippen LogP contribution < -0.4 is 5.32 Å². The van der Waals surface area contributed by atoms with Gasteiger partial charge in [-0.25, -0.2) is 0 Å². The zero-order valence-corrected chi connectivity index (χ0v) is 9.31. The lowest BCUT2D eigenvalue weighted by atomic mass is 10.1. The smallest absolute Gasteiger partial charge is 0.262 e. The van der Waals surface area contributed by atoms with Crippen molar-refractivity contribution in [1.29, 1.82) is 0 Å². The fraction of sp³-hybridized carbons (Fsp3) is 0.273. The molecule has 0 saturated heterocycles. The molecule has 0 aliphatic heterocycles. The molecule has 0 spiro atoms. The van der Waals surface area contributed by atoms with Crippen molar-refractivity contribution in [2.45, 2.75) is 20.4 Å². The van der Waals surface area contributed by atoms with E-state index in [0.29, 0.717) is 18.3 Å². The van der Waals surface area contributed by atoms with Gasteiger partial charge in [0, 0.05) is 6.54 Å². The maximum atomic E-state index is 3.88.